The molecule has 0 radical (unpaired) electrons. The van der Waals surface area contributed by atoms with Crippen LogP contribution in [0.2, 0.25) is 0 Å². The summed E-state index contributed by atoms with van der Waals surface area (Å²) in [7, 11) is 0. The number of carbonyl (C=O) groups is 2. The van der Waals surface area contributed by atoms with Gasteiger partial charge in [-0.05, 0) is 41.9 Å². The van der Waals surface area contributed by atoms with E-state index in [0.717, 1.165) is 36.8 Å². The first kappa shape index (κ1) is 18.2. The number of rotatable bonds is 8. The summed E-state index contributed by atoms with van der Waals surface area (Å²) in [5, 5.41) is 18.0. The molecule has 0 spiro atoms. The quantitative estimate of drug-likeness (QED) is 0.704. The lowest BCUT2D eigenvalue weighted by atomic mass is 9.82. The van der Waals surface area contributed by atoms with Crippen molar-refractivity contribution in [2.45, 2.75) is 64.7 Å². The highest BCUT2D eigenvalue weighted by molar-refractivity contribution is 5.90. The third kappa shape index (κ3) is 5.88. The number of unbranched alkanes of at least 4 members (excludes halogenated alkanes) is 3. The highest BCUT2D eigenvalue weighted by Gasteiger charge is 2.21. The number of benzene rings is 1. The van der Waals surface area contributed by atoms with Crippen molar-refractivity contribution < 1.29 is 19.8 Å². The molecule has 0 aliphatic heterocycles. The van der Waals surface area contributed by atoms with Gasteiger partial charge in [0.25, 0.3) is 0 Å². The van der Waals surface area contributed by atoms with Gasteiger partial charge in [0, 0.05) is 6.42 Å². The van der Waals surface area contributed by atoms with Crippen LogP contribution in [0.3, 0.4) is 0 Å². The van der Waals surface area contributed by atoms with Crippen molar-refractivity contribution in [2.24, 2.45) is 0 Å². The lowest BCUT2D eigenvalue weighted by Crippen LogP contribution is -2.17. The second kappa shape index (κ2) is 7.97. The van der Waals surface area contributed by atoms with E-state index in [4.69, 9.17) is 5.11 Å². The molecule has 0 heterocycles. The Hall–Kier alpha value is -1.84. The van der Waals surface area contributed by atoms with Gasteiger partial charge in [0.1, 0.15) is 0 Å². The Morgan fingerprint density at radius 1 is 1.00 bits per heavy atom. The maximum absolute atomic E-state index is 11.4. The summed E-state index contributed by atoms with van der Waals surface area (Å²) in [6.07, 6.45) is 4.59. The highest BCUT2D eigenvalue weighted by atomic mass is 16.4. The van der Waals surface area contributed by atoms with Crippen molar-refractivity contribution in [3.8, 4) is 0 Å². The second-order valence-electron chi connectivity index (χ2n) is 6.74. The van der Waals surface area contributed by atoms with E-state index in [1.165, 1.54) is 0 Å². The molecule has 0 bridgehead atoms. The molecular formula is C18H26O4. The van der Waals surface area contributed by atoms with Crippen LogP contribution in [0, 0.1) is 0 Å². The zero-order chi connectivity index (χ0) is 16.8. The lowest BCUT2D eigenvalue weighted by Gasteiger charge is -2.22. The van der Waals surface area contributed by atoms with Gasteiger partial charge in [-0.15, -0.1) is 0 Å². The molecule has 22 heavy (non-hydrogen) atoms. The third-order valence-electron chi connectivity index (χ3n) is 3.73. The molecule has 122 valence electrons. The molecule has 4 nitrogen and oxygen atoms in total. The van der Waals surface area contributed by atoms with Gasteiger partial charge in [-0.2, -0.15) is 0 Å². The van der Waals surface area contributed by atoms with Gasteiger partial charge in [0.2, 0.25) is 0 Å². The van der Waals surface area contributed by atoms with Crippen LogP contribution in [0.15, 0.2) is 18.2 Å². The molecule has 0 unspecified atom stereocenters. The van der Waals surface area contributed by atoms with E-state index in [2.05, 4.69) is 0 Å². The minimum absolute atomic E-state index is 0.191. The molecule has 0 aliphatic rings. The summed E-state index contributed by atoms with van der Waals surface area (Å²) in [5.74, 6) is -1.63. The smallest absolute Gasteiger partial charge is 0.335 e. The van der Waals surface area contributed by atoms with E-state index in [9.17, 15) is 14.7 Å². The molecule has 0 fully saturated rings. The highest BCUT2D eigenvalue weighted by Crippen LogP contribution is 2.27. The molecular weight excluding hydrogens is 280 g/mol. The average molecular weight is 306 g/mol. The summed E-state index contributed by atoms with van der Waals surface area (Å²) in [6.45, 7) is 6.03. The van der Waals surface area contributed by atoms with Gasteiger partial charge in [-0.25, -0.2) is 4.79 Å². The maximum Gasteiger partial charge on any atom is 0.335 e. The second-order valence-corrected chi connectivity index (χ2v) is 6.74. The Bertz CT molecular complexity index is 526. The van der Waals surface area contributed by atoms with E-state index >= 15 is 0 Å². The summed E-state index contributed by atoms with van der Waals surface area (Å²) >= 11 is 0. The Morgan fingerprint density at radius 2 is 1.64 bits per heavy atom. The van der Waals surface area contributed by atoms with Crippen LogP contribution in [0.5, 0.6) is 0 Å². The van der Waals surface area contributed by atoms with E-state index < -0.39 is 11.9 Å². The Labute approximate surface area is 132 Å². The topological polar surface area (TPSA) is 74.6 Å². The van der Waals surface area contributed by atoms with Crippen LogP contribution in [-0.2, 0) is 16.6 Å². The van der Waals surface area contributed by atoms with Gasteiger partial charge in [0.15, 0.2) is 0 Å². The first-order valence-electron chi connectivity index (χ1n) is 7.80. The van der Waals surface area contributed by atoms with E-state index in [1.807, 2.05) is 32.9 Å². The number of hydrogen-bond acceptors (Lipinski definition) is 2. The first-order valence-corrected chi connectivity index (χ1v) is 7.80. The van der Waals surface area contributed by atoms with Crippen molar-refractivity contribution in [3.63, 3.8) is 0 Å². The molecule has 0 amide bonds. The van der Waals surface area contributed by atoms with Gasteiger partial charge >= 0.3 is 11.9 Å². The molecule has 0 saturated heterocycles. The fourth-order valence-electron chi connectivity index (χ4n) is 2.54. The Balaban J connectivity index is 2.60. The van der Waals surface area contributed by atoms with Crippen molar-refractivity contribution in [3.05, 3.63) is 34.9 Å². The maximum atomic E-state index is 11.4. The largest absolute Gasteiger partial charge is 0.481 e. The first-order chi connectivity index (χ1) is 10.2. The minimum atomic E-state index is -0.881. The fraction of sp³-hybridized carbons (Fsp3) is 0.556. The molecule has 1 rings (SSSR count). The fourth-order valence-corrected chi connectivity index (χ4v) is 2.54. The van der Waals surface area contributed by atoms with E-state index in [-0.39, 0.29) is 11.8 Å². The number of aryl methyl sites for hydroxylation is 1. The summed E-state index contributed by atoms with van der Waals surface area (Å²) in [6, 6.07) is 5.70. The molecule has 0 aromatic heterocycles. The third-order valence-corrected chi connectivity index (χ3v) is 3.73. The van der Waals surface area contributed by atoms with Crippen LogP contribution in [0.25, 0.3) is 0 Å². The molecule has 2 N–H and O–H groups in total. The van der Waals surface area contributed by atoms with Crippen LogP contribution in [0.1, 0.15) is 74.4 Å². The van der Waals surface area contributed by atoms with Gasteiger partial charge in [-0.1, -0.05) is 45.7 Å². The number of carboxylic acid groups (broad SMARTS) is 2. The van der Waals surface area contributed by atoms with Crippen LogP contribution < -0.4 is 0 Å². The van der Waals surface area contributed by atoms with Gasteiger partial charge in [-0.3, -0.25) is 4.79 Å². The normalized spacial score (nSPS) is 11.4. The predicted molar refractivity (Wildman–Crippen MR) is 86.5 cm³/mol. The zero-order valence-corrected chi connectivity index (χ0v) is 13.7. The number of aliphatic carboxylic acids is 1. The van der Waals surface area contributed by atoms with Crippen LogP contribution >= 0.6 is 0 Å². The molecule has 1 aromatic rings. The van der Waals surface area contributed by atoms with Gasteiger partial charge in [0.05, 0.1) is 5.56 Å². The van der Waals surface area contributed by atoms with Crippen molar-refractivity contribution in [1.29, 1.82) is 0 Å². The van der Waals surface area contributed by atoms with E-state index in [0.29, 0.717) is 12.0 Å². The molecule has 1 aromatic carbocycles. The molecule has 4 heteroatoms. The molecule has 0 aliphatic carbocycles. The van der Waals surface area contributed by atoms with Crippen molar-refractivity contribution in [1.82, 2.24) is 0 Å². The van der Waals surface area contributed by atoms with Crippen molar-refractivity contribution >= 4 is 11.9 Å². The summed E-state index contributed by atoms with van der Waals surface area (Å²) < 4.78 is 0. The summed E-state index contributed by atoms with van der Waals surface area (Å²) in [5.41, 5.74) is 2.08. The predicted octanol–water partition coefficient (Wildman–Crippen LogP) is 4.26. The average Bonchev–Trinajstić information content (AvgIpc) is 2.41. The Morgan fingerprint density at radius 3 is 2.18 bits per heavy atom. The summed E-state index contributed by atoms with van der Waals surface area (Å²) in [4.78, 5) is 21.9. The number of hydrogen-bond donors (Lipinski definition) is 2. The zero-order valence-electron chi connectivity index (χ0n) is 13.7. The molecule has 0 atom stereocenters. The standard InChI is InChI=1S/C18H26O4/c1-18(2,3)15-11-10-13(12-14(15)17(21)22)8-6-4-5-7-9-16(19)20/h10-12H,4-9H2,1-3H3,(H,19,20)(H,21,22). The van der Waals surface area contributed by atoms with Crippen LogP contribution in [-0.4, -0.2) is 22.2 Å². The lowest BCUT2D eigenvalue weighted by molar-refractivity contribution is -0.137. The Kier molecular flexibility index (Phi) is 6.60. The minimum Gasteiger partial charge on any atom is -0.481 e. The molecule has 0 saturated carbocycles. The number of carboxylic acids is 2. The van der Waals surface area contributed by atoms with Crippen molar-refractivity contribution in [2.75, 3.05) is 0 Å². The SMILES string of the molecule is CC(C)(C)c1ccc(CCCCCCC(=O)O)cc1C(=O)O. The van der Waals surface area contributed by atoms with E-state index in [1.54, 1.807) is 6.07 Å². The van der Waals surface area contributed by atoms with Crippen LogP contribution in [0.4, 0.5) is 0 Å². The van der Waals surface area contributed by atoms with Gasteiger partial charge < -0.3 is 10.2 Å². The monoisotopic (exact) mass is 306 g/mol. The number of aromatic carboxylic acids is 1.